The molecule has 0 unspecified atom stereocenters. The van der Waals surface area contributed by atoms with Gasteiger partial charge in [0.15, 0.2) is 0 Å². The SMILES string of the molecule is Cc1ccc(COCn2cc(Cl)cnc2=O)cc1. The van der Waals surface area contributed by atoms with Crippen molar-refractivity contribution in [2.75, 3.05) is 0 Å². The van der Waals surface area contributed by atoms with E-state index in [1.165, 1.54) is 22.5 Å². The van der Waals surface area contributed by atoms with Crippen LogP contribution < -0.4 is 5.69 Å². The first kappa shape index (κ1) is 12.8. The van der Waals surface area contributed by atoms with Crippen LogP contribution >= 0.6 is 11.6 Å². The molecule has 0 radical (unpaired) electrons. The Bertz CT molecular complexity index is 578. The third kappa shape index (κ3) is 3.42. The second-order valence-electron chi connectivity index (χ2n) is 3.99. The summed E-state index contributed by atoms with van der Waals surface area (Å²) in [6.45, 7) is 2.61. The molecule has 2 aromatic rings. The van der Waals surface area contributed by atoms with E-state index < -0.39 is 0 Å². The van der Waals surface area contributed by atoms with Crippen LogP contribution in [0.4, 0.5) is 0 Å². The fraction of sp³-hybridized carbons (Fsp3) is 0.231. The molecule has 1 aromatic carbocycles. The van der Waals surface area contributed by atoms with E-state index in [9.17, 15) is 4.79 Å². The topological polar surface area (TPSA) is 44.1 Å². The lowest BCUT2D eigenvalue weighted by Crippen LogP contribution is -2.23. The number of rotatable bonds is 4. The van der Waals surface area contributed by atoms with Gasteiger partial charge in [-0.2, -0.15) is 4.98 Å². The van der Waals surface area contributed by atoms with Crippen LogP contribution in [0.1, 0.15) is 11.1 Å². The van der Waals surface area contributed by atoms with Crippen molar-refractivity contribution in [2.45, 2.75) is 20.3 Å². The molecular weight excluding hydrogens is 252 g/mol. The Kier molecular flexibility index (Phi) is 4.12. The molecule has 1 heterocycles. The molecule has 18 heavy (non-hydrogen) atoms. The number of hydrogen-bond donors (Lipinski definition) is 0. The molecule has 0 spiro atoms. The molecule has 0 atom stereocenters. The van der Waals surface area contributed by atoms with Crippen molar-refractivity contribution in [3.05, 3.63) is 63.3 Å². The third-order valence-electron chi connectivity index (χ3n) is 2.44. The van der Waals surface area contributed by atoms with Gasteiger partial charge in [0.25, 0.3) is 0 Å². The van der Waals surface area contributed by atoms with Crippen molar-refractivity contribution in [3.8, 4) is 0 Å². The van der Waals surface area contributed by atoms with Gasteiger partial charge >= 0.3 is 5.69 Å². The van der Waals surface area contributed by atoms with Gasteiger partial charge < -0.3 is 4.74 Å². The largest absolute Gasteiger partial charge is 0.356 e. The fourth-order valence-corrected chi connectivity index (χ4v) is 1.63. The van der Waals surface area contributed by atoms with Crippen LogP contribution in [0, 0.1) is 6.92 Å². The number of benzene rings is 1. The minimum atomic E-state index is -0.372. The summed E-state index contributed by atoms with van der Waals surface area (Å²) in [6.07, 6.45) is 2.83. The first-order valence-electron chi connectivity index (χ1n) is 5.50. The number of hydrogen-bond acceptors (Lipinski definition) is 3. The summed E-state index contributed by atoms with van der Waals surface area (Å²) in [6, 6.07) is 8.03. The highest BCUT2D eigenvalue weighted by atomic mass is 35.5. The van der Waals surface area contributed by atoms with Gasteiger partial charge in [0.2, 0.25) is 0 Å². The lowest BCUT2D eigenvalue weighted by atomic mass is 10.2. The molecule has 94 valence electrons. The molecule has 0 saturated heterocycles. The maximum atomic E-state index is 11.4. The van der Waals surface area contributed by atoms with Gasteiger partial charge in [0, 0.05) is 6.20 Å². The minimum absolute atomic E-state index is 0.139. The van der Waals surface area contributed by atoms with Crippen LogP contribution in [0.25, 0.3) is 0 Å². The molecular formula is C13H13ClN2O2. The number of halogens is 1. The molecule has 0 fully saturated rings. The molecule has 0 aliphatic heterocycles. The summed E-state index contributed by atoms with van der Waals surface area (Å²) in [7, 11) is 0. The lowest BCUT2D eigenvalue weighted by molar-refractivity contribution is 0.0609. The van der Waals surface area contributed by atoms with Gasteiger partial charge in [-0.25, -0.2) is 4.79 Å². The molecule has 0 aliphatic carbocycles. The van der Waals surface area contributed by atoms with Crippen LogP contribution in [-0.2, 0) is 18.1 Å². The number of nitrogens with zero attached hydrogens (tertiary/aromatic N) is 2. The fourth-order valence-electron chi connectivity index (χ4n) is 1.47. The molecule has 0 aliphatic rings. The average molecular weight is 265 g/mol. The van der Waals surface area contributed by atoms with Crippen molar-refractivity contribution in [3.63, 3.8) is 0 Å². The normalized spacial score (nSPS) is 10.6. The smallest absolute Gasteiger partial charge is 0.349 e. The van der Waals surface area contributed by atoms with Crippen LogP contribution in [0.3, 0.4) is 0 Å². The van der Waals surface area contributed by atoms with Crippen LogP contribution in [0.2, 0.25) is 5.02 Å². The summed E-state index contributed by atoms with van der Waals surface area (Å²) in [4.78, 5) is 15.0. The second-order valence-corrected chi connectivity index (χ2v) is 4.42. The van der Waals surface area contributed by atoms with Crippen molar-refractivity contribution in [1.82, 2.24) is 9.55 Å². The minimum Gasteiger partial charge on any atom is -0.356 e. The summed E-state index contributed by atoms with van der Waals surface area (Å²) < 4.78 is 6.78. The van der Waals surface area contributed by atoms with E-state index in [1.807, 2.05) is 31.2 Å². The number of ether oxygens (including phenoxy) is 1. The molecule has 0 amide bonds. The van der Waals surface area contributed by atoms with Crippen molar-refractivity contribution >= 4 is 11.6 Å². The van der Waals surface area contributed by atoms with Crippen molar-refractivity contribution < 1.29 is 4.74 Å². The second kappa shape index (κ2) is 5.80. The maximum absolute atomic E-state index is 11.4. The van der Waals surface area contributed by atoms with Gasteiger partial charge in [-0.15, -0.1) is 0 Å². The van der Waals surface area contributed by atoms with Crippen LogP contribution in [0.5, 0.6) is 0 Å². The molecule has 0 bridgehead atoms. The number of aryl methyl sites for hydroxylation is 1. The summed E-state index contributed by atoms with van der Waals surface area (Å²) in [5.41, 5.74) is 1.89. The predicted molar refractivity (Wildman–Crippen MR) is 69.5 cm³/mol. The van der Waals surface area contributed by atoms with E-state index in [0.717, 1.165) is 5.56 Å². The Hall–Kier alpha value is -1.65. The molecule has 1 aromatic heterocycles. The monoisotopic (exact) mass is 264 g/mol. The Balaban J connectivity index is 1.94. The van der Waals surface area contributed by atoms with E-state index in [4.69, 9.17) is 16.3 Å². The summed E-state index contributed by atoms with van der Waals surface area (Å²) in [5.74, 6) is 0. The highest BCUT2D eigenvalue weighted by molar-refractivity contribution is 6.30. The van der Waals surface area contributed by atoms with Crippen molar-refractivity contribution in [1.29, 1.82) is 0 Å². The first-order chi connectivity index (χ1) is 8.65. The lowest BCUT2D eigenvalue weighted by Gasteiger charge is -2.07. The van der Waals surface area contributed by atoms with Gasteiger partial charge in [0.05, 0.1) is 17.8 Å². The molecule has 0 N–H and O–H groups in total. The molecule has 5 heteroatoms. The zero-order valence-electron chi connectivity index (χ0n) is 9.97. The average Bonchev–Trinajstić information content (AvgIpc) is 2.36. The zero-order valence-corrected chi connectivity index (χ0v) is 10.7. The highest BCUT2D eigenvalue weighted by Crippen LogP contribution is 2.05. The Morgan fingerprint density at radius 1 is 1.33 bits per heavy atom. The van der Waals surface area contributed by atoms with E-state index >= 15 is 0 Å². The van der Waals surface area contributed by atoms with Crippen molar-refractivity contribution in [2.24, 2.45) is 0 Å². The van der Waals surface area contributed by atoms with Gasteiger partial charge in [-0.05, 0) is 12.5 Å². The molecule has 4 nitrogen and oxygen atoms in total. The first-order valence-corrected chi connectivity index (χ1v) is 5.88. The Labute approximate surface area is 110 Å². The van der Waals surface area contributed by atoms with E-state index in [0.29, 0.717) is 11.6 Å². The predicted octanol–water partition coefficient (Wildman–Crippen LogP) is 2.38. The van der Waals surface area contributed by atoms with Gasteiger partial charge in [-0.3, -0.25) is 4.57 Å². The molecule has 2 rings (SSSR count). The Morgan fingerprint density at radius 2 is 2.06 bits per heavy atom. The van der Waals surface area contributed by atoms with E-state index in [-0.39, 0.29) is 12.4 Å². The van der Waals surface area contributed by atoms with Gasteiger partial charge in [0.1, 0.15) is 6.73 Å². The van der Waals surface area contributed by atoms with Crippen LogP contribution in [0.15, 0.2) is 41.5 Å². The number of aromatic nitrogens is 2. The van der Waals surface area contributed by atoms with E-state index in [2.05, 4.69) is 4.98 Å². The highest BCUT2D eigenvalue weighted by Gasteiger charge is 1.99. The third-order valence-corrected chi connectivity index (χ3v) is 2.64. The maximum Gasteiger partial charge on any atom is 0.349 e. The van der Waals surface area contributed by atoms with Gasteiger partial charge in [-0.1, -0.05) is 41.4 Å². The van der Waals surface area contributed by atoms with Crippen LogP contribution in [-0.4, -0.2) is 9.55 Å². The standard InChI is InChI=1S/C13H13ClN2O2/c1-10-2-4-11(5-3-10)8-18-9-16-7-12(14)6-15-13(16)17/h2-7H,8-9H2,1H3. The Morgan fingerprint density at radius 3 is 2.78 bits per heavy atom. The quantitative estimate of drug-likeness (QED) is 0.852. The molecule has 0 saturated carbocycles. The summed E-state index contributed by atoms with van der Waals surface area (Å²) >= 11 is 5.75. The summed E-state index contributed by atoms with van der Waals surface area (Å²) in [5, 5.41) is 0.411. The van der Waals surface area contributed by atoms with E-state index in [1.54, 1.807) is 0 Å². The zero-order chi connectivity index (χ0) is 13.0.